The van der Waals surface area contributed by atoms with Gasteiger partial charge in [0, 0.05) is 38.9 Å². The number of nitrogens with zero attached hydrogens (tertiary/aromatic N) is 6. The zero-order chi connectivity index (χ0) is 18.5. The summed E-state index contributed by atoms with van der Waals surface area (Å²) in [6, 6.07) is 12.3. The van der Waals surface area contributed by atoms with Gasteiger partial charge in [0.15, 0.2) is 5.82 Å². The summed E-state index contributed by atoms with van der Waals surface area (Å²) in [5.74, 6) is 2.01. The van der Waals surface area contributed by atoms with Gasteiger partial charge in [0.25, 0.3) is 0 Å². The molecule has 0 bridgehead atoms. The molecular weight excluding hydrogens is 345 g/mol. The van der Waals surface area contributed by atoms with Crippen molar-refractivity contribution < 1.29 is 4.39 Å². The summed E-state index contributed by atoms with van der Waals surface area (Å²) in [6.07, 6.45) is 3.49. The van der Waals surface area contributed by atoms with Crippen molar-refractivity contribution in [1.82, 2.24) is 20.2 Å². The van der Waals surface area contributed by atoms with E-state index in [0.717, 1.165) is 43.4 Å². The molecule has 3 heterocycles. The van der Waals surface area contributed by atoms with Crippen LogP contribution in [0.4, 0.5) is 22.0 Å². The van der Waals surface area contributed by atoms with Crippen molar-refractivity contribution >= 4 is 17.6 Å². The van der Waals surface area contributed by atoms with E-state index in [9.17, 15) is 4.39 Å². The van der Waals surface area contributed by atoms with E-state index in [1.165, 1.54) is 12.1 Å². The third kappa shape index (κ3) is 4.28. The molecule has 1 aliphatic heterocycles. The third-order valence-corrected chi connectivity index (χ3v) is 4.49. The molecule has 0 saturated carbocycles. The summed E-state index contributed by atoms with van der Waals surface area (Å²) >= 11 is 0. The lowest BCUT2D eigenvalue weighted by Crippen LogP contribution is -2.47. The second-order valence-corrected chi connectivity index (χ2v) is 6.28. The lowest BCUT2D eigenvalue weighted by molar-refractivity contribution is 0.627. The Morgan fingerprint density at radius 3 is 2.37 bits per heavy atom. The number of nitrogens with one attached hydrogen (secondary N) is 1. The highest BCUT2D eigenvalue weighted by atomic mass is 19.1. The quantitative estimate of drug-likeness (QED) is 0.744. The Morgan fingerprint density at radius 2 is 1.67 bits per heavy atom. The van der Waals surface area contributed by atoms with Gasteiger partial charge in [-0.2, -0.15) is 10.1 Å². The summed E-state index contributed by atoms with van der Waals surface area (Å²) in [5, 5.41) is 11.2. The van der Waals surface area contributed by atoms with Crippen molar-refractivity contribution in [2.75, 3.05) is 41.3 Å². The zero-order valence-electron chi connectivity index (χ0n) is 14.8. The Kier molecular flexibility index (Phi) is 5.04. The molecule has 8 heteroatoms. The molecule has 1 fully saturated rings. The lowest BCUT2D eigenvalue weighted by atomic mass is 10.2. The minimum absolute atomic E-state index is 0.247. The monoisotopic (exact) mass is 365 g/mol. The van der Waals surface area contributed by atoms with Crippen LogP contribution in [-0.2, 0) is 6.54 Å². The number of benzene rings is 1. The van der Waals surface area contributed by atoms with Crippen LogP contribution >= 0.6 is 0 Å². The molecule has 4 rings (SSSR count). The van der Waals surface area contributed by atoms with Crippen LogP contribution in [-0.4, -0.2) is 46.3 Å². The first kappa shape index (κ1) is 17.1. The predicted octanol–water partition coefficient (Wildman–Crippen LogP) is 2.34. The number of pyridine rings is 1. The third-order valence-electron chi connectivity index (χ3n) is 4.49. The Hall–Kier alpha value is -3.29. The van der Waals surface area contributed by atoms with Gasteiger partial charge in [0.2, 0.25) is 5.95 Å². The number of hydrogen-bond acceptors (Lipinski definition) is 7. The highest BCUT2D eigenvalue weighted by molar-refractivity contribution is 5.45. The van der Waals surface area contributed by atoms with E-state index in [1.54, 1.807) is 18.3 Å². The molecule has 1 aromatic carbocycles. The number of aromatic nitrogens is 4. The first-order chi connectivity index (χ1) is 13.3. The van der Waals surface area contributed by atoms with Gasteiger partial charge in [-0.25, -0.2) is 9.37 Å². The second kappa shape index (κ2) is 7.94. The highest BCUT2D eigenvalue weighted by Crippen LogP contribution is 2.17. The van der Waals surface area contributed by atoms with Crippen molar-refractivity contribution in [3.63, 3.8) is 0 Å². The van der Waals surface area contributed by atoms with E-state index >= 15 is 0 Å². The average molecular weight is 365 g/mol. The highest BCUT2D eigenvalue weighted by Gasteiger charge is 2.19. The van der Waals surface area contributed by atoms with E-state index in [-0.39, 0.29) is 5.82 Å². The van der Waals surface area contributed by atoms with E-state index in [4.69, 9.17) is 0 Å². The molecule has 27 heavy (non-hydrogen) atoms. The fourth-order valence-corrected chi connectivity index (χ4v) is 3.01. The van der Waals surface area contributed by atoms with Crippen LogP contribution in [0.1, 0.15) is 5.56 Å². The number of piperazine rings is 1. The van der Waals surface area contributed by atoms with Crippen molar-refractivity contribution in [2.24, 2.45) is 0 Å². The number of anilines is 3. The standard InChI is InChI=1S/C19H20FN7/c20-16-6-4-15(5-7-16)13-22-19-24-18(14-23-25-19)27-11-9-26(10-12-27)17-3-1-2-8-21-17/h1-8,14H,9-13H2,(H,22,24,25). The van der Waals surface area contributed by atoms with Gasteiger partial charge in [-0.05, 0) is 29.8 Å². The first-order valence-electron chi connectivity index (χ1n) is 8.87. The molecule has 2 aromatic heterocycles. The summed E-state index contributed by atoms with van der Waals surface area (Å²) in [4.78, 5) is 13.4. The van der Waals surface area contributed by atoms with Gasteiger partial charge in [-0.15, -0.1) is 5.10 Å². The topological polar surface area (TPSA) is 70.1 Å². The van der Waals surface area contributed by atoms with E-state index < -0.39 is 0 Å². The summed E-state index contributed by atoms with van der Waals surface area (Å²) in [6.45, 7) is 3.94. The number of rotatable bonds is 5. The predicted molar refractivity (Wildman–Crippen MR) is 102 cm³/mol. The van der Waals surface area contributed by atoms with Gasteiger partial charge in [-0.1, -0.05) is 18.2 Å². The first-order valence-corrected chi connectivity index (χ1v) is 8.87. The van der Waals surface area contributed by atoms with Crippen molar-refractivity contribution in [2.45, 2.75) is 6.54 Å². The van der Waals surface area contributed by atoms with Crippen molar-refractivity contribution in [1.29, 1.82) is 0 Å². The van der Waals surface area contributed by atoms with E-state index in [1.807, 2.05) is 24.4 Å². The minimum atomic E-state index is -0.247. The Morgan fingerprint density at radius 1 is 0.926 bits per heavy atom. The van der Waals surface area contributed by atoms with Gasteiger partial charge in [-0.3, -0.25) is 0 Å². The molecular formula is C19H20FN7. The van der Waals surface area contributed by atoms with Crippen LogP contribution in [0.5, 0.6) is 0 Å². The largest absolute Gasteiger partial charge is 0.353 e. The Bertz CT molecular complexity index is 865. The smallest absolute Gasteiger partial charge is 0.244 e. The number of halogens is 1. The molecule has 0 amide bonds. The van der Waals surface area contributed by atoms with Gasteiger partial charge >= 0.3 is 0 Å². The SMILES string of the molecule is Fc1ccc(CNc2nncc(N3CCN(c4ccccn4)CC3)n2)cc1. The van der Waals surface area contributed by atoms with Crippen LogP contribution in [0.25, 0.3) is 0 Å². The molecule has 1 N–H and O–H groups in total. The molecule has 0 atom stereocenters. The molecule has 0 radical (unpaired) electrons. The molecule has 0 spiro atoms. The molecule has 1 saturated heterocycles. The lowest BCUT2D eigenvalue weighted by Gasteiger charge is -2.35. The van der Waals surface area contributed by atoms with Crippen molar-refractivity contribution in [3.05, 3.63) is 66.2 Å². The minimum Gasteiger partial charge on any atom is -0.353 e. The van der Waals surface area contributed by atoms with Crippen LogP contribution in [0.15, 0.2) is 54.9 Å². The van der Waals surface area contributed by atoms with E-state index in [0.29, 0.717) is 12.5 Å². The maximum atomic E-state index is 13.0. The summed E-state index contributed by atoms with van der Waals surface area (Å²) in [5.41, 5.74) is 0.953. The normalized spacial score (nSPS) is 14.3. The summed E-state index contributed by atoms with van der Waals surface area (Å²) in [7, 11) is 0. The van der Waals surface area contributed by atoms with Crippen LogP contribution in [0.3, 0.4) is 0 Å². The molecule has 138 valence electrons. The molecule has 3 aromatic rings. The number of hydrogen-bond donors (Lipinski definition) is 1. The second-order valence-electron chi connectivity index (χ2n) is 6.28. The average Bonchev–Trinajstić information content (AvgIpc) is 2.74. The van der Waals surface area contributed by atoms with Gasteiger partial charge in [0.1, 0.15) is 11.6 Å². The van der Waals surface area contributed by atoms with Crippen LogP contribution < -0.4 is 15.1 Å². The Balaban J connectivity index is 1.36. The zero-order valence-corrected chi connectivity index (χ0v) is 14.8. The van der Waals surface area contributed by atoms with E-state index in [2.05, 4.69) is 35.3 Å². The molecule has 7 nitrogen and oxygen atoms in total. The molecule has 0 unspecified atom stereocenters. The maximum Gasteiger partial charge on any atom is 0.244 e. The fourth-order valence-electron chi connectivity index (χ4n) is 3.01. The fraction of sp³-hybridized carbons (Fsp3) is 0.263. The van der Waals surface area contributed by atoms with Crippen LogP contribution in [0, 0.1) is 5.82 Å². The molecule has 0 aliphatic carbocycles. The Labute approximate surface area is 156 Å². The van der Waals surface area contributed by atoms with Crippen molar-refractivity contribution in [3.8, 4) is 0 Å². The maximum absolute atomic E-state index is 13.0. The summed E-state index contributed by atoms with van der Waals surface area (Å²) < 4.78 is 13.0. The van der Waals surface area contributed by atoms with Gasteiger partial charge in [0.05, 0.1) is 6.20 Å². The molecule has 1 aliphatic rings. The van der Waals surface area contributed by atoms with Gasteiger partial charge < -0.3 is 15.1 Å². The van der Waals surface area contributed by atoms with Crippen LogP contribution in [0.2, 0.25) is 0 Å².